The van der Waals surface area contributed by atoms with Crippen molar-refractivity contribution in [1.82, 2.24) is 4.98 Å². The van der Waals surface area contributed by atoms with Crippen LogP contribution in [0.3, 0.4) is 0 Å². The molecule has 1 aromatic heterocycles. The summed E-state index contributed by atoms with van der Waals surface area (Å²) in [6, 6.07) is 9.09. The maximum atomic E-state index is 12.5. The molecule has 0 saturated heterocycles. The van der Waals surface area contributed by atoms with Crippen molar-refractivity contribution in [2.24, 2.45) is 0 Å². The summed E-state index contributed by atoms with van der Waals surface area (Å²) in [7, 11) is 0. The molecule has 0 aliphatic heterocycles. The van der Waals surface area contributed by atoms with Crippen LogP contribution in [0.1, 0.15) is 51.5 Å². The van der Waals surface area contributed by atoms with Gasteiger partial charge in [-0.3, -0.25) is 0 Å². The Morgan fingerprint density at radius 1 is 0.966 bits per heavy atom. The van der Waals surface area contributed by atoms with E-state index in [0.717, 1.165) is 11.6 Å². The van der Waals surface area contributed by atoms with Crippen LogP contribution in [0.15, 0.2) is 36.4 Å². The molecule has 0 fully saturated rings. The zero-order valence-corrected chi connectivity index (χ0v) is 16.5. The zero-order chi connectivity index (χ0) is 21.4. The normalized spacial score (nSPS) is 11.1. The molecule has 154 valence electrons. The van der Waals surface area contributed by atoms with Gasteiger partial charge in [-0.2, -0.15) is 0 Å². The predicted molar refractivity (Wildman–Crippen MR) is 104 cm³/mol. The number of aliphatic hydroxyl groups excluding tert-OH is 1. The summed E-state index contributed by atoms with van der Waals surface area (Å²) in [4.78, 5) is 39.2. The van der Waals surface area contributed by atoms with Gasteiger partial charge in [0, 0.05) is 0 Å². The van der Waals surface area contributed by atoms with E-state index in [-0.39, 0.29) is 42.3 Å². The number of aromatic nitrogens is 1. The molecule has 1 aromatic carbocycles. The van der Waals surface area contributed by atoms with Gasteiger partial charge in [-0.1, -0.05) is 30.3 Å². The van der Waals surface area contributed by atoms with Crippen LogP contribution in [0.25, 0.3) is 5.76 Å². The van der Waals surface area contributed by atoms with E-state index in [2.05, 4.69) is 4.98 Å². The van der Waals surface area contributed by atoms with Gasteiger partial charge in [-0.05, 0) is 31.9 Å². The van der Waals surface area contributed by atoms with Gasteiger partial charge >= 0.3 is 17.9 Å². The Labute approximate surface area is 168 Å². The molecule has 8 nitrogen and oxygen atoms in total. The van der Waals surface area contributed by atoms with Crippen molar-refractivity contribution in [3.63, 3.8) is 0 Å². The summed E-state index contributed by atoms with van der Waals surface area (Å²) < 4.78 is 15.1. The minimum atomic E-state index is -0.791. The number of esters is 3. The van der Waals surface area contributed by atoms with Gasteiger partial charge in [0.1, 0.15) is 18.1 Å². The average Bonchev–Trinajstić information content (AvgIpc) is 3.04. The van der Waals surface area contributed by atoms with Crippen LogP contribution in [-0.4, -0.2) is 41.2 Å². The molecule has 2 N–H and O–H groups in total. The molecule has 0 aliphatic rings. The van der Waals surface area contributed by atoms with Crippen molar-refractivity contribution in [3.05, 3.63) is 64.5 Å². The highest BCUT2D eigenvalue weighted by atomic mass is 16.5. The van der Waals surface area contributed by atoms with E-state index in [1.165, 1.54) is 6.92 Å². The van der Waals surface area contributed by atoms with Crippen LogP contribution in [0, 0.1) is 6.92 Å². The van der Waals surface area contributed by atoms with Gasteiger partial charge < -0.3 is 24.3 Å². The number of benzene rings is 1. The molecule has 29 heavy (non-hydrogen) atoms. The van der Waals surface area contributed by atoms with Crippen LogP contribution >= 0.6 is 0 Å². The Morgan fingerprint density at radius 3 is 2.24 bits per heavy atom. The summed E-state index contributed by atoms with van der Waals surface area (Å²) in [5.74, 6) is -2.81. The lowest BCUT2D eigenvalue weighted by atomic mass is 10.1. The fourth-order valence-electron chi connectivity index (χ4n) is 2.61. The number of aromatic amines is 1. The molecular formula is C21H23NO7. The van der Waals surface area contributed by atoms with Gasteiger partial charge in [0.05, 0.1) is 30.5 Å². The Bertz CT molecular complexity index is 913. The lowest BCUT2D eigenvalue weighted by Gasteiger charge is -2.05. The first-order valence-electron chi connectivity index (χ1n) is 9.07. The average molecular weight is 401 g/mol. The molecule has 8 heteroatoms. The fraction of sp³-hybridized carbons (Fsp3) is 0.286. The first-order chi connectivity index (χ1) is 13.9. The molecule has 0 atom stereocenters. The molecular weight excluding hydrogens is 378 g/mol. The molecule has 0 aliphatic carbocycles. The van der Waals surface area contributed by atoms with Crippen LogP contribution in [-0.2, 0) is 25.6 Å². The largest absolute Gasteiger partial charge is 0.505 e. The maximum absolute atomic E-state index is 12.5. The molecule has 0 radical (unpaired) electrons. The van der Waals surface area contributed by atoms with E-state index in [0.29, 0.717) is 0 Å². The second-order valence-electron chi connectivity index (χ2n) is 5.94. The van der Waals surface area contributed by atoms with Gasteiger partial charge in [-0.25, -0.2) is 14.4 Å². The predicted octanol–water partition coefficient (Wildman–Crippen LogP) is 3.32. The van der Waals surface area contributed by atoms with Gasteiger partial charge in [0.2, 0.25) is 0 Å². The quantitative estimate of drug-likeness (QED) is 0.302. The summed E-state index contributed by atoms with van der Waals surface area (Å²) in [6.45, 7) is 5.01. The van der Waals surface area contributed by atoms with E-state index in [1.807, 2.05) is 18.2 Å². The molecule has 2 rings (SSSR count). The second-order valence-corrected chi connectivity index (χ2v) is 5.94. The van der Waals surface area contributed by atoms with Crippen LogP contribution in [0.5, 0.6) is 0 Å². The Balaban J connectivity index is 2.36. The molecule has 0 unspecified atom stereocenters. The van der Waals surface area contributed by atoms with Crippen molar-refractivity contribution in [3.8, 4) is 0 Å². The lowest BCUT2D eigenvalue weighted by Crippen LogP contribution is -2.10. The number of aliphatic hydroxyl groups is 1. The van der Waals surface area contributed by atoms with Crippen LogP contribution in [0.4, 0.5) is 0 Å². The standard InChI is InChI=1S/C21H23NO7/c1-4-27-16(24)11-15(23)19-17(20(25)28-5-2)13(3)18(22-19)21(26)29-12-14-9-7-6-8-10-14/h6-11,22-23H,4-5,12H2,1-3H3/b15-11-. The van der Waals surface area contributed by atoms with Gasteiger partial charge in [0.25, 0.3) is 0 Å². The van der Waals surface area contributed by atoms with E-state index in [1.54, 1.807) is 26.0 Å². The maximum Gasteiger partial charge on any atom is 0.355 e. The summed E-state index contributed by atoms with van der Waals surface area (Å²) >= 11 is 0. The van der Waals surface area contributed by atoms with Crippen LogP contribution in [0.2, 0.25) is 0 Å². The van der Waals surface area contributed by atoms with E-state index in [9.17, 15) is 19.5 Å². The number of ether oxygens (including phenoxy) is 3. The highest BCUT2D eigenvalue weighted by Crippen LogP contribution is 2.25. The monoisotopic (exact) mass is 401 g/mol. The van der Waals surface area contributed by atoms with Crippen molar-refractivity contribution < 1.29 is 33.7 Å². The van der Waals surface area contributed by atoms with Crippen molar-refractivity contribution in [2.45, 2.75) is 27.4 Å². The first-order valence-corrected chi connectivity index (χ1v) is 9.07. The van der Waals surface area contributed by atoms with Crippen molar-refractivity contribution in [2.75, 3.05) is 13.2 Å². The zero-order valence-electron chi connectivity index (χ0n) is 16.5. The fourth-order valence-corrected chi connectivity index (χ4v) is 2.61. The van der Waals surface area contributed by atoms with Gasteiger partial charge in [0.15, 0.2) is 0 Å². The van der Waals surface area contributed by atoms with Crippen molar-refractivity contribution in [1.29, 1.82) is 0 Å². The number of rotatable bonds is 8. The minimum absolute atomic E-state index is 0.0252. The molecule has 1 heterocycles. The number of hydrogen-bond donors (Lipinski definition) is 2. The smallest absolute Gasteiger partial charge is 0.355 e. The topological polar surface area (TPSA) is 115 Å². The Kier molecular flexibility index (Phi) is 7.59. The summed E-state index contributed by atoms with van der Waals surface area (Å²) in [5, 5.41) is 10.3. The summed E-state index contributed by atoms with van der Waals surface area (Å²) in [5.41, 5.74) is 0.821. The number of carbonyl (C=O) groups is 3. The highest BCUT2D eigenvalue weighted by molar-refractivity contribution is 6.02. The third kappa shape index (κ3) is 5.47. The second kappa shape index (κ2) is 10.1. The number of H-pyrrole nitrogens is 1. The van der Waals surface area contributed by atoms with E-state index in [4.69, 9.17) is 14.2 Å². The SMILES string of the molecule is CCOC(=O)/C=C(\O)c1[nH]c(C(=O)OCc2ccccc2)c(C)c1C(=O)OCC. The molecule has 0 amide bonds. The number of carbonyl (C=O) groups excluding carboxylic acids is 3. The van der Waals surface area contributed by atoms with Crippen molar-refractivity contribution >= 4 is 23.7 Å². The minimum Gasteiger partial charge on any atom is -0.505 e. The lowest BCUT2D eigenvalue weighted by molar-refractivity contribution is -0.137. The molecule has 0 spiro atoms. The Hall–Kier alpha value is -3.55. The number of nitrogens with one attached hydrogen (secondary N) is 1. The number of hydrogen-bond acceptors (Lipinski definition) is 7. The Morgan fingerprint density at radius 2 is 1.62 bits per heavy atom. The third-order valence-electron chi connectivity index (χ3n) is 3.94. The van der Waals surface area contributed by atoms with Gasteiger partial charge in [-0.15, -0.1) is 0 Å². The molecule has 0 bridgehead atoms. The highest BCUT2D eigenvalue weighted by Gasteiger charge is 2.28. The first kappa shape index (κ1) is 21.7. The van der Waals surface area contributed by atoms with E-state index < -0.39 is 23.7 Å². The molecule has 0 saturated carbocycles. The summed E-state index contributed by atoms with van der Waals surface area (Å²) in [6.07, 6.45) is 0.816. The van der Waals surface area contributed by atoms with Crippen LogP contribution < -0.4 is 0 Å². The van der Waals surface area contributed by atoms with E-state index >= 15 is 0 Å². The molecule has 2 aromatic rings. The third-order valence-corrected chi connectivity index (χ3v) is 3.94.